The fourth-order valence-corrected chi connectivity index (χ4v) is 1.75. The van der Waals surface area contributed by atoms with Crippen molar-refractivity contribution in [3.8, 4) is 0 Å². The fourth-order valence-electron chi connectivity index (χ4n) is 1.75. The van der Waals surface area contributed by atoms with Gasteiger partial charge in [0.2, 0.25) is 0 Å². The lowest BCUT2D eigenvalue weighted by Gasteiger charge is -2.13. The van der Waals surface area contributed by atoms with E-state index in [-0.39, 0.29) is 6.04 Å². The van der Waals surface area contributed by atoms with Crippen LogP contribution in [0.2, 0.25) is 0 Å². The van der Waals surface area contributed by atoms with Gasteiger partial charge in [-0.05, 0) is 37.6 Å². The molecule has 4 nitrogen and oxygen atoms in total. The summed E-state index contributed by atoms with van der Waals surface area (Å²) in [6.07, 6.45) is 3.56. The summed E-state index contributed by atoms with van der Waals surface area (Å²) in [6.45, 7) is 4.91. The van der Waals surface area contributed by atoms with Crippen molar-refractivity contribution in [3.05, 3.63) is 47.5 Å². The van der Waals surface area contributed by atoms with Crippen molar-refractivity contribution >= 4 is 0 Å². The average Bonchev–Trinajstić information content (AvgIpc) is 2.76. The Morgan fingerprint density at radius 1 is 1.38 bits per heavy atom. The molecule has 0 amide bonds. The van der Waals surface area contributed by atoms with Gasteiger partial charge >= 0.3 is 0 Å². The van der Waals surface area contributed by atoms with E-state index in [1.165, 1.54) is 5.56 Å². The molecule has 2 aromatic heterocycles. The molecule has 2 rings (SSSR count). The molecule has 2 N–H and O–H groups in total. The van der Waals surface area contributed by atoms with Crippen molar-refractivity contribution < 1.29 is 0 Å². The van der Waals surface area contributed by atoms with E-state index >= 15 is 0 Å². The normalized spacial score (nSPS) is 12.7. The zero-order valence-electron chi connectivity index (χ0n) is 9.59. The van der Waals surface area contributed by atoms with E-state index in [2.05, 4.69) is 10.1 Å². The standard InChI is InChI=1S/C12H16N4/c1-3-16-11(5-7-15-16)12(13)10-8-9(2)4-6-14-10/h4-8,12H,3,13H2,1-2H3. The first-order chi connectivity index (χ1) is 7.72. The van der Waals surface area contributed by atoms with Crippen LogP contribution in [0.5, 0.6) is 0 Å². The average molecular weight is 216 g/mol. The van der Waals surface area contributed by atoms with Gasteiger partial charge in [0, 0.05) is 18.9 Å². The largest absolute Gasteiger partial charge is 0.318 e. The third-order valence-corrected chi connectivity index (χ3v) is 2.62. The molecule has 0 radical (unpaired) electrons. The van der Waals surface area contributed by atoms with Crippen LogP contribution in [0.1, 0.15) is 29.9 Å². The second-order valence-electron chi connectivity index (χ2n) is 3.81. The SMILES string of the molecule is CCn1nccc1C(N)c1cc(C)ccn1. The van der Waals surface area contributed by atoms with Crippen molar-refractivity contribution in [1.29, 1.82) is 0 Å². The zero-order valence-corrected chi connectivity index (χ0v) is 9.59. The van der Waals surface area contributed by atoms with E-state index in [1.807, 2.05) is 36.7 Å². The second kappa shape index (κ2) is 4.45. The van der Waals surface area contributed by atoms with Crippen LogP contribution in [-0.2, 0) is 6.54 Å². The molecule has 0 aliphatic rings. The third-order valence-electron chi connectivity index (χ3n) is 2.62. The summed E-state index contributed by atoms with van der Waals surface area (Å²) in [4.78, 5) is 4.30. The van der Waals surface area contributed by atoms with Crippen molar-refractivity contribution in [1.82, 2.24) is 14.8 Å². The molecular weight excluding hydrogens is 200 g/mol. The Balaban J connectivity index is 2.35. The van der Waals surface area contributed by atoms with Crippen LogP contribution in [0.15, 0.2) is 30.6 Å². The van der Waals surface area contributed by atoms with Crippen LogP contribution in [-0.4, -0.2) is 14.8 Å². The van der Waals surface area contributed by atoms with Gasteiger partial charge in [-0.15, -0.1) is 0 Å². The predicted molar refractivity (Wildman–Crippen MR) is 62.9 cm³/mol. The molecule has 0 aliphatic heterocycles. The molecule has 0 aromatic carbocycles. The van der Waals surface area contributed by atoms with Crippen molar-refractivity contribution in [2.75, 3.05) is 0 Å². The van der Waals surface area contributed by atoms with Crippen LogP contribution in [0.3, 0.4) is 0 Å². The van der Waals surface area contributed by atoms with Gasteiger partial charge < -0.3 is 5.73 Å². The van der Waals surface area contributed by atoms with E-state index in [0.29, 0.717) is 0 Å². The lowest BCUT2D eigenvalue weighted by atomic mass is 10.1. The first-order valence-corrected chi connectivity index (χ1v) is 5.42. The van der Waals surface area contributed by atoms with Crippen molar-refractivity contribution in [2.24, 2.45) is 5.73 Å². The van der Waals surface area contributed by atoms with Crippen LogP contribution < -0.4 is 5.73 Å². The minimum absolute atomic E-state index is 0.206. The summed E-state index contributed by atoms with van der Waals surface area (Å²) >= 11 is 0. The molecule has 84 valence electrons. The predicted octanol–water partition coefficient (Wildman–Crippen LogP) is 1.65. The highest BCUT2D eigenvalue weighted by molar-refractivity contribution is 5.24. The summed E-state index contributed by atoms with van der Waals surface area (Å²) in [5.41, 5.74) is 9.24. The number of hydrogen-bond acceptors (Lipinski definition) is 3. The van der Waals surface area contributed by atoms with Crippen molar-refractivity contribution in [2.45, 2.75) is 26.4 Å². The molecule has 1 atom stereocenters. The molecule has 16 heavy (non-hydrogen) atoms. The zero-order chi connectivity index (χ0) is 11.5. The summed E-state index contributed by atoms with van der Waals surface area (Å²) in [5.74, 6) is 0. The van der Waals surface area contributed by atoms with E-state index in [9.17, 15) is 0 Å². The van der Waals surface area contributed by atoms with Gasteiger partial charge in [0.15, 0.2) is 0 Å². The molecule has 0 saturated carbocycles. The van der Waals surface area contributed by atoms with Gasteiger partial charge in [-0.1, -0.05) is 0 Å². The van der Waals surface area contributed by atoms with E-state index in [4.69, 9.17) is 5.73 Å². The highest BCUT2D eigenvalue weighted by Gasteiger charge is 2.14. The van der Waals surface area contributed by atoms with Crippen molar-refractivity contribution in [3.63, 3.8) is 0 Å². The molecule has 0 bridgehead atoms. The Kier molecular flexibility index (Phi) is 3.01. The first-order valence-electron chi connectivity index (χ1n) is 5.42. The highest BCUT2D eigenvalue weighted by atomic mass is 15.3. The summed E-state index contributed by atoms with van der Waals surface area (Å²) in [5, 5.41) is 4.21. The summed E-state index contributed by atoms with van der Waals surface area (Å²) < 4.78 is 1.90. The Hall–Kier alpha value is -1.68. The highest BCUT2D eigenvalue weighted by Crippen LogP contribution is 2.17. The monoisotopic (exact) mass is 216 g/mol. The van der Waals surface area contributed by atoms with Crippen LogP contribution in [0.4, 0.5) is 0 Å². The second-order valence-corrected chi connectivity index (χ2v) is 3.81. The Morgan fingerprint density at radius 2 is 2.19 bits per heavy atom. The topological polar surface area (TPSA) is 56.7 Å². The quantitative estimate of drug-likeness (QED) is 0.848. The van der Waals surface area contributed by atoms with Gasteiger partial charge in [-0.2, -0.15) is 5.10 Å². The number of nitrogens with two attached hydrogens (primary N) is 1. The van der Waals surface area contributed by atoms with Crippen LogP contribution in [0, 0.1) is 6.92 Å². The lowest BCUT2D eigenvalue weighted by molar-refractivity contribution is 0.596. The third kappa shape index (κ3) is 1.97. The molecular formula is C12H16N4. The number of aryl methyl sites for hydroxylation is 2. The molecule has 2 aromatic rings. The maximum absolute atomic E-state index is 6.18. The number of aromatic nitrogens is 3. The minimum atomic E-state index is -0.206. The van der Waals surface area contributed by atoms with Gasteiger partial charge in [0.05, 0.1) is 17.4 Å². The van der Waals surface area contributed by atoms with E-state index < -0.39 is 0 Å². The molecule has 0 fully saturated rings. The van der Waals surface area contributed by atoms with E-state index in [1.54, 1.807) is 12.4 Å². The summed E-state index contributed by atoms with van der Waals surface area (Å²) in [7, 11) is 0. The minimum Gasteiger partial charge on any atom is -0.318 e. The van der Waals surface area contributed by atoms with Gasteiger partial charge in [0.1, 0.15) is 0 Å². The Morgan fingerprint density at radius 3 is 2.88 bits per heavy atom. The van der Waals surface area contributed by atoms with E-state index in [0.717, 1.165) is 17.9 Å². The maximum atomic E-state index is 6.18. The van der Waals surface area contributed by atoms with Crippen LogP contribution >= 0.6 is 0 Å². The van der Waals surface area contributed by atoms with Crippen LogP contribution in [0.25, 0.3) is 0 Å². The molecule has 0 saturated heterocycles. The number of rotatable bonds is 3. The molecule has 4 heteroatoms. The molecule has 2 heterocycles. The number of nitrogens with zero attached hydrogens (tertiary/aromatic N) is 3. The summed E-state index contributed by atoms with van der Waals surface area (Å²) in [6, 6.07) is 5.71. The molecule has 1 unspecified atom stereocenters. The molecule has 0 spiro atoms. The smallest absolute Gasteiger partial charge is 0.0897 e. The maximum Gasteiger partial charge on any atom is 0.0897 e. The van der Waals surface area contributed by atoms with Gasteiger partial charge in [0.25, 0.3) is 0 Å². The Bertz CT molecular complexity index is 475. The van der Waals surface area contributed by atoms with Gasteiger partial charge in [-0.3, -0.25) is 9.67 Å². The molecule has 0 aliphatic carbocycles. The number of hydrogen-bond donors (Lipinski definition) is 1. The number of pyridine rings is 1. The van der Waals surface area contributed by atoms with Gasteiger partial charge in [-0.25, -0.2) is 0 Å². The first kappa shape index (κ1) is 10.8. The Labute approximate surface area is 95.1 Å². The lowest BCUT2D eigenvalue weighted by Crippen LogP contribution is -2.18. The fraction of sp³-hybridized carbons (Fsp3) is 0.333.